The number of likely N-dealkylation sites (tertiary alicyclic amines) is 1. The van der Waals surface area contributed by atoms with Crippen molar-refractivity contribution < 1.29 is 18.4 Å². The van der Waals surface area contributed by atoms with Gasteiger partial charge in [-0.1, -0.05) is 12.1 Å². The fraction of sp³-hybridized carbons (Fsp3) is 0.233. The Kier molecular flexibility index (Phi) is 6.37. The molecule has 0 atom stereocenters. The lowest BCUT2D eigenvalue weighted by atomic mass is 9.89. The van der Waals surface area contributed by atoms with E-state index in [0.717, 1.165) is 40.5 Å². The molecule has 3 heterocycles. The number of piperidine rings is 1. The molecule has 38 heavy (non-hydrogen) atoms. The van der Waals surface area contributed by atoms with Crippen LogP contribution in [0.5, 0.6) is 0 Å². The van der Waals surface area contributed by atoms with Gasteiger partial charge < -0.3 is 19.6 Å². The van der Waals surface area contributed by atoms with E-state index in [1.807, 2.05) is 29.3 Å². The number of nitrogens with one attached hydrogen (secondary N) is 2. The summed E-state index contributed by atoms with van der Waals surface area (Å²) in [5, 5.41) is 3.77. The van der Waals surface area contributed by atoms with Gasteiger partial charge in [0.25, 0.3) is 5.91 Å². The molecule has 0 bridgehead atoms. The van der Waals surface area contributed by atoms with Crippen LogP contribution >= 0.6 is 0 Å². The first-order valence-corrected chi connectivity index (χ1v) is 12.8. The van der Waals surface area contributed by atoms with Crippen LogP contribution in [-0.4, -0.2) is 39.8 Å². The minimum Gasteiger partial charge on any atom is -0.443 e. The van der Waals surface area contributed by atoms with Gasteiger partial charge in [0.15, 0.2) is 12.0 Å². The van der Waals surface area contributed by atoms with Gasteiger partial charge in [0, 0.05) is 47.9 Å². The van der Waals surface area contributed by atoms with E-state index < -0.39 is 0 Å². The molecule has 8 heteroatoms. The highest BCUT2D eigenvalue weighted by molar-refractivity contribution is 5.97. The van der Waals surface area contributed by atoms with Crippen LogP contribution in [0.25, 0.3) is 22.0 Å². The lowest BCUT2D eigenvalue weighted by Gasteiger charge is -2.32. The number of oxazole rings is 1. The number of halogens is 1. The monoisotopic (exact) mass is 510 g/mol. The van der Waals surface area contributed by atoms with Crippen molar-refractivity contribution in [2.24, 2.45) is 0 Å². The van der Waals surface area contributed by atoms with Crippen LogP contribution in [0.1, 0.15) is 46.7 Å². The number of aryl methyl sites for hydroxylation is 1. The van der Waals surface area contributed by atoms with Crippen molar-refractivity contribution in [3.8, 4) is 0 Å². The van der Waals surface area contributed by atoms with E-state index >= 15 is 0 Å². The second-order valence-electron chi connectivity index (χ2n) is 9.78. The first kappa shape index (κ1) is 23.9. The highest BCUT2D eigenvalue weighted by atomic mass is 19.1. The van der Waals surface area contributed by atoms with Crippen molar-refractivity contribution in [1.82, 2.24) is 14.9 Å². The molecule has 7 nitrogen and oxygen atoms in total. The number of hydrogen-bond donors (Lipinski definition) is 2. The van der Waals surface area contributed by atoms with E-state index in [1.165, 1.54) is 24.1 Å². The molecule has 1 aliphatic rings. The van der Waals surface area contributed by atoms with Crippen LogP contribution in [-0.2, 0) is 11.2 Å². The van der Waals surface area contributed by atoms with Crippen molar-refractivity contribution in [3.63, 3.8) is 0 Å². The Labute approximate surface area is 218 Å². The van der Waals surface area contributed by atoms with Gasteiger partial charge in [0.05, 0.1) is 0 Å². The van der Waals surface area contributed by atoms with Crippen molar-refractivity contribution in [2.75, 3.05) is 18.4 Å². The van der Waals surface area contributed by atoms with Gasteiger partial charge in [0.1, 0.15) is 11.3 Å². The molecule has 0 aliphatic carbocycles. The Bertz CT molecular complexity index is 1610. The fourth-order valence-corrected chi connectivity index (χ4v) is 5.25. The van der Waals surface area contributed by atoms with Crippen LogP contribution in [0, 0.1) is 5.82 Å². The predicted molar refractivity (Wildman–Crippen MR) is 144 cm³/mol. The van der Waals surface area contributed by atoms with Gasteiger partial charge in [-0.25, -0.2) is 9.37 Å². The number of hydrogen-bond acceptors (Lipinski definition) is 4. The number of aromatic amines is 1. The summed E-state index contributed by atoms with van der Waals surface area (Å²) >= 11 is 0. The summed E-state index contributed by atoms with van der Waals surface area (Å²) in [4.78, 5) is 34.6. The molecular formula is C30H27FN4O3. The number of nitrogens with zero attached hydrogens (tertiary/aromatic N) is 2. The molecule has 2 N–H and O–H groups in total. The lowest BCUT2D eigenvalue weighted by Crippen LogP contribution is -2.37. The van der Waals surface area contributed by atoms with Crippen LogP contribution < -0.4 is 5.32 Å². The van der Waals surface area contributed by atoms with Crippen LogP contribution in [0.4, 0.5) is 10.1 Å². The van der Waals surface area contributed by atoms with Crippen molar-refractivity contribution in [2.45, 2.75) is 31.6 Å². The first-order chi connectivity index (χ1) is 18.5. The minimum absolute atomic E-state index is 0.0116. The zero-order chi connectivity index (χ0) is 26.1. The maximum atomic E-state index is 13.6. The van der Waals surface area contributed by atoms with E-state index in [-0.39, 0.29) is 17.6 Å². The topological polar surface area (TPSA) is 91.2 Å². The largest absolute Gasteiger partial charge is 0.443 e. The maximum Gasteiger partial charge on any atom is 0.253 e. The molecule has 0 spiro atoms. The number of benzene rings is 3. The Morgan fingerprint density at radius 2 is 1.87 bits per heavy atom. The molecule has 0 unspecified atom stereocenters. The number of amides is 2. The average Bonchev–Trinajstić information content (AvgIpc) is 3.58. The summed E-state index contributed by atoms with van der Waals surface area (Å²) in [6.45, 7) is 1.38. The summed E-state index contributed by atoms with van der Waals surface area (Å²) in [5.41, 5.74) is 5.72. The predicted octanol–water partition coefficient (Wildman–Crippen LogP) is 6.04. The number of anilines is 1. The van der Waals surface area contributed by atoms with E-state index in [9.17, 15) is 14.0 Å². The van der Waals surface area contributed by atoms with Crippen LogP contribution in [0.2, 0.25) is 0 Å². The Hall–Kier alpha value is -4.46. The maximum absolute atomic E-state index is 13.6. The smallest absolute Gasteiger partial charge is 0.253 e. The van der Waals surface area contributed by atoms with Gasteiger partial charge in [-0.3, -0.25) is 9.59 Å². The quantitative estimate of drug-likeness (QED) is 0.291. The molecule has 3 aromatic carbocycles. The highest BCUT2D eigenvalue weighted by Crippen LogP contribution is 2.30. The van der Waals surface area contributed by atoms with Gasteiger partial charge in [-0.15, -0.1) is 0 Å². The Morgan fingerprint density at radius 3 is 2.68 bits per heavy atom. The molecule has 0 saturated carbocycles. The second kappa shape index (κ2) is 10.1. The molecular weight excluding hydrogens is 483 g/mol. The SMILES string of the molecule is O=C(CCc1c[nH]c2ccc(F)cc12)Nc1ccc(C2CCN(C(=O)c3ccc4ncoc4c3)CC2)cc1. The highest BCUT2D eigenvalue weighted by Gasteiger charge is 2.25. The van der Waals surface area contributed by atoms with Crippen molar-refractivity contribution in [1.29, 1.82) is 0 Å². The molecule has 5 aromatic rings. The molecule has 1 aliphatic heterocycles. The number of carbonyl (C=O) groups is 2. The molecule has 2 amide bonds. The van der Waals surface area contributed by atoms with Gasteiger partial charge in [-0.05, 0) is 84.8 Å². The fourth-order valence-electron chi connectivity index (χ4n) is 5.25. The summed E-state index contributed by atoms with van der Waals surface area (Å²) in [6.07, 6.45) is 5.81. The molecule has 192 valence electrons. The Balaban J connectivity index is 1.01. The average molecular weight is 511 g/mol. The van der Waals surface area contributed by atoms with Gasteiger partial charge in [0.2, 0.25) is 5.91 Å². The normalized spacial score (nSPS) is 14.3. The lowest BCUT2D eigenvalue weighted by molar-refractivity contribution is -0.116. The first-order valence-electron chi connectivity index (χ1n) is 12.8. The van der Waals surface area contributed by atoms with Crippen LogP contribution in [0.3, 0.4) is 0 Å². The summed E-state index contributed by atoms with van der Waals surface area (Å²) in [7, 11) is 0. The third-order valence-corrected chi connectivity index (χ3v) is 7.38. The Morgan fingerprint density at radius 1 is 1.05 bits per heavy atom. The van der Waals surface area contributed by atoms with Gasteiger partial charge >= 0.3 is 0 Å². The third-order valence-electron chi connectivity index (χ3n) is 7.38. The minimum atomic E-state index is -0.287. The summed E-state index contributed by atoms with van der Waals surface area (Å²) in [5.74, 6) is 0.00381. The van der Waals surface area contributed by atoms with E-state index in [4.69, 9.17) is 4.42 Å². The molecule has 0 radical (unpaired) electrons. The number of fused-ring (bicyclic) bond motifs is 2. The molecule has 1 fully saturated rings. The van der Waals surface area contributed by atoms with E-state index in [0.29, 0.717) is 43.0 Å². The summed E-state index contributed by atoms with van der Waals surface area (Å²) < 4.78 is 18.9. The number of carbonyl (C=O) groups excluding carboxylic acids is 2. The van der Waals surface area contributed by atoms with Crippen LogP contribution in [0.15, 0.2) is 77.7 Å². The van der Waals surface area contributed by atoms with E-state index in [1.54, 1.807) is 18.2 Å². The molecule has 1 saturated heterocycles. The molecule has 6 rings (SSSR count). The summed E-state index contributed by atoms with van der Waals surface area (Å²) in [6, 6.07) is 17.9. The number of rotatable bonds is 6. The standard InChI is InChI=1S/C30H27FN4O3/c31-23-5-9-26-25(16-23)22(17-32-26)4-10-29(36)34-24-6-1-19(2-7-24)20-11-13-35(14-12-20)30(37)21-3-8-27-28(15-21)38-18-33-27/h1-3,5-9,15-18,20,32H,4,10-14H2,(H,34,36). The van der Waals surface area contributed by atoms with Gasteiger partial charge in [-0.2, -0.15) is 0 Å². The van der Waals surface area contributed by atoms with E-state index in [2.05, 4.69) is 27.4 Å². The third kappa shape index (κ3) is 4.89. The zero-order valence-corrected chi connectivity index (χ0v) is 20.7. The van der Waals surface area contributed by atoms with Crippen molar-refractivity contribution in [3.05, 3.63) is 95.8 Å². The number of aromatic nitrogens is 2. The number of H-pyrrole nitrogens is 1. The van der Waals surface area contributed by atoms with Crippen molar-refractivity contribution >= 4 is 39.5 Å². The molecule has 2 aromatic heterocycles. The zero-order valence-electron chi connectivity index (χ0n) is 20.7. The second-order valence-corrected chi connectivity index (χ2v) is 9.78.